The van der Waals surface area contributed by atoms with Crippen molar-refractivity contribution in [2.75, 3.05) is 20.8 Å². The van der Waals surface area contributed by atoms with Crippen LogP contribution in [0.4, 0.5) is 0 Å². The van der Waals surface area contributed by atoms with Gasteiger partial charge in [-0.15, -0.1) is 0 Å². The Morgan fingerprint density at radius 1 is 1.47 bits per heavy atom. The topological polar surface area (TPSA) is 82.1 Å². The van der Waals surface area contributed by atoms with Gasteiger partial charge in [0.15, 0.2) is 5.85 Å². The molecule has 6 nitrogen and oxygen atoms in total. The van der Waals surface area contributed by atoms with Crippen molar-refractivity contribution < 1.29 is 28.3 Å². The number of carbonyl (C=O) groups is 1. The average molecular weight is 238 g/mol. The molecule has 0 fully saturated rings. The van der Waals surface area contributed by atoms with Crippen LogP contribution in [0.2, 0.25) is 0 Å². The van der Waals surface area contributed by atoms with E-state index in [0.717, 1.165) is 0 Å². The highest BCUT2D eigenvalue weighted by molar-refractivity contribution is 7.54. The van der Waals surface area contributed by atoms with Crippen LogP contribution in [0.15, 0.2) is 12.2 Å². The number of aliphatic hydroxyl groups excluding tert-OH is 1. The summed E-state index contributed by atoms with van der Waals surface area (Å²) in [5.41, 5.74) is 0. The molecular formula is C8H15O6P. The predicted molar refractivity (Wildman–Crippen MR) is 53.4 cm³/mol. The van der Waals surface area contributed by atoms with E-state index in [9.17, 15) is 14.5 Å². The van der Waals surface area contributed by atoms with E-state index >= 15 is 0 Å². The first-order chi connectivity index (χ1) is 6.96. The average Bonchev–Trinajstić information content (AvgIpc) is 2.22. The fourth-order valence-corrected chi connectivity index (χ4v) is 1.65. The summed E-state index contributed by atoms with van der Waals surface area (Å²) in [6.07, 6.45) is 2.55. The van der Waals surface area contributed by atoms with Gasteiger partial charge < -0.3 is 18.9 Å². The molecule has 0 radical (unpaired) electrons. The Kier molecular flexibility index (Phi) is 6.43. The Balaban J connectivity index is 4.17. The Hall–Kier alpha value is -0.680. The third kappa shape index (κ3) is 5.09. The van der Waals surface area contributed by atoms with Gasteiger partial charge in [-0.25, -0.2) is 0 Å². The van der Waals surface area contributed by atoms with E-state index in [1.807, 2.05) is 0 Å². The van der Waals surface area contributed by atoms with Crippen molar-refractivity contribution in [1.29, 1.82) is 0 Å². The Morgan fingerprint density at radius 2 is 2.00 bits per heavy atom. The lowest BCUT2D eigenvalue weighted by Gasteiger charge is -2.16. The normalized spacial score (nSPS) is 14.1. The molecule has 15 heavy (non-hydrogen) atoms. The summed E-state index contributed by atoms with van der Waals surface area (Å²) in [6, 6.07) is 0. The second-order valence-electron chi connectivity index (χ2n) is 2.55. The molecule has 1 N–H and O–H groups in total. The standard InChI is InChI=1S/C8H15O6P/c1-7(9)14-6-4-5-8(10)15(11,12-2)13-3/h4-5,8,10H,6H2,1-3H3. The van der Waals surface area contributed by atoms with Crippen molar-refractivity contribution in [3.05, 3.63) is 12.2 Å². The lowest BCUT2D eigenvalue weighted by Crippen LogP contribution is -2.07. The molecule has 0 heterocycles. The summed E-state index contributed by atoms with van der Waals surface area (Å²) in [7, 11) is -1.16. The van der Waals surface area contributed by atoms with Crippen molar-refractivity contribution in [3.8, 4) is 0 Å². The lowest BCUT2D eigenvalue weighted by atomic mass is 10.5. The van der Waals surface area contributed by atoms with Gasteiger partial charge in [-0.3, -0.25) is 9.36 Å². The van der Waals surface area contributed by atoms with Crippen molar-refractivity contribution in [2.45, 2.75) is 12.8 Å². The zero-order valence-corrected chi connectivity index (χ0v) is 9.77. The highest BCUT2D eigenvalue weighted by Gasteiger charge is 2.29. The van der Waals surface area contributed by atoms with Gasteiger partial charge in [0.25, 0.3) is 0 Å². The smallest absolute Gasteiger partial charge is 0.362 e. The lowest BCUT2D eigenvalue weighted by molar-refractivity contribution is -0.139. The maximum atomic E-state index is 11.5. The van der Waals surface area contributed by atoms with E-state index in [-0.39, 0.29) is 6.61 Å². The van der Waals surface area contributed by atoms with E-state index in [1.54, 1.807) is 0 Å². The molecule has 1 unspecified atom stereocenters. The highest BCUT2D eigenvalue weighted by atomic mass is 31.2. The van der Waals surface area contributed by atoms with Crippen LogP contribution < -0.4 is 0 Å². The fraction of sp³-hybridized carbons (Fsp3) is 0.625. The van der Waals surface area contributed by atoms with Crippen molar-refractivity contribution in [2.24, 2.45) is 0 Å². The fourth-order valence-electron chi connectivity index (χ4n) is 0.739. The maximum Gasteiger partial charge on any atom is 0.362 e. The predicted octanol–water partition coefficient (Wildman–Crippen LogP) is 0.910. The molecule has 0 spiro atoms. The van der Waals surface area contributed by atoms with Crippen LogP contribution >= 0.6 is 7.60 Å². The second-order valence-corrected chi connectivity index (χ2v) is 4.89. The van der Waals surface area contributed by atoms with Crippen LogP contribution in [0.1, 0.15) is 6.92 Å². The molecule has 0 bridgehead atoms. The third-order valence-corrected chi connectivity index (χ3v) is 3.36. The second kappa shape index (κ2) is 6.74. The molecule has 7 heteroatoms. The number of aliphatic hydroxyl groups is 1. The van der Waals surface area contributed by atoms with Crippen LogP contribution in [0.25, 0.3) is 0 Å². The van der Waals surface area contributed by atoms with E-state index in [2.05, 4.69) is 13.8 Å². The minimum absolute atomic E-state index is 0.000177. The SMILES string of the molecule is COP(=O)(OC)C(O)C=CCOC(C)=O. The van der Waals surface area contributed by atoms with Crippen molar-refractivity contribution in [3.63, 3.8) is 0 Å². The molecule has 0 aliphatic rings. The van der Waals surface area contributed by atoms with Gasteiger partial charge in [-0.05, 0) is 12.2 Å². The first-order valence-electron chi connectivity index (χ1n) is 4.15. The van der Waals surface area contributed by atoms with Gasteiger partial charge in [-0.1, -0.05) is 0 Å². The van der Waals surface area contributed by atoms with Gasteiger partial charge >= 0.3 is 13.6 Å². The van der Waals surface area contributed by atoms with Gasteiger partial charge in [-0.2, -0.15) is 0 Å². The van der Waals surface area contributed by atoms with Crippen LogP contribution in [-0.2, 0) is 23.1 Å². The molecule has 88 valence electrons. The largest absolute Gasteiger partial charge is 0.462 e. The Labute approximate surface area is 88.4 Å². The molecule has 1 atom stereocenters. The first kappa shape index (κ1) is 14.3. The molecule has 0 rings (SSSR count). The van der Waals surface area contributed by atoms with Crippen LogP contribution in [0.3, 0.4) is 0 Å². The summed E-state index contributed by atoms with van der Waals surface area (Å²) in [4.78, 5) is 10.4. The zero-order chi connectivity index (χ0) is 11.9. The molecule has 0 aromatic carbocycles. The monoisotopic (exact) mass is 238 g/mol. The van der Waals surface area contributed by atoms with Crippen LogP contribution in [-0.4, -0.2) is 37.7 Å². The number of rotatable bonds is 6. The molecule has 0 saturated carbocycles. The van der Waals surface area contributed by atoms with Crippen LogP contribution in [0.5, 0.6) is 0 Å². The number of carbonyl (C=O) groups excluding carboxylic acids is 1. The Morgan fingerprint density at radius 3 is 2.40 bits per heavy atom. The van der Waals surface area contributed by atoms with E-state index in [0.29, 0.717) is 0 Å². The molecule has 0 aromatic rings. The van der Waals surface area contributed by atoms with Crippen molar-refractivity contribution >= 4 is 13.6 Å². The third-order valence-electron chi connectivity index (χ3n) is 1.52. The summed E-state index contributed by atoms with van der Waals surface area (Å²) in [5.74, 6) is -1.81. The summed E-state index contributed by atoms with van der Waals surface area (Å²) in [6.45, 7) is 1.26. The zero-order valence-electron chi connectivity index (χ0n) is 8.87. The molecular weight excluding hydrogens is 223 g/mol. The summed E-state index contributed by atoms with van der Waals surface area (Å²) in [5, 5.41) is 9.39. The number of hydrogen-bond acceptors (Lipinski definition) is 6. The number of esters is 1. The first-order valence-corrected chi connectivity index (χ1v) is 5.76. The van der Waals surface area contributed by atoms with E-state index in [1.165, 1.54) is 33.3 Å². The molecule has 0 amide bonds. The van der Waals surface area contributed by atoms with Crippen molar-refractivity contribution in [1.82, 2.24) is 0 Å². The Bertz CT molecular complexity index is 266. The minimum Gasteiger partial charge on any atom is -0.462 e. The van der Waals surface area contributed by atoms with Gasteiger partial charge in [0.1, 0.15) is 6.61 Å². The molecule has 0 saturated heterocycles. The van der Waals surface area contributed by atoms with Crippen LogP contribution in [0, 0.1) is 0 Å². The molecule has 0 aromatic heterocycles. The quantitative estimate of drug-likeness (QED) is 0.420. The number of hydrogen-bond donors (Lipinski definition) is 1. The summed E-state index contributed by atoms with van der Waals surface area (Å²) >= 11 is 0. The number of ether oxygens (including phenoxy) is 1. The molecule has 0 aliphatic carbocycles. The summed E-state index contributed by atoms with van der Waals surface area (Å²) < 4.78 is 25.2. The molecule has 0 aliphatic heterocycles. The van der Waals surface area contributed by atoms with E-state index < -0.39 is 19.4 Å². The van der Waals surface area contributed by atoms with Gasteiger partial charge in [0.05, 0.1) is 0 Å². The van der Waals surface area contributed by atoms with Gasteiger partial charge in [0.2, 0.25) is 0 Å². The van der Waals surface area contributed by atoms with E-state index in [4.69, 9.17) is 0 Å². The highest BCUT2D eigenvalue weighted by Crippen LogP contribution is 2.50. The van der Waals surface area contributed by atoms with Gasteiger partial charge in [0, 0.05) is 21.1 Å². The maximum absolute atomic E-state index is 11.5. The minimum atomic E-state index is -3.51.